The molecule has 0 aromatic heterocycles. The molecule has 0 bridgehead atoms. The predicted octanol–water partition coefficient (Wildman–Crippen LogP) is 4.62. The van der Waals surface area contributed by atoms with Crippen molar-refractivity contribution in [2.45, 2.75) is 25.7 Å². The molecule has 0 saturated carbocycles. The smallest absolute Gasteiger partial charge is 0.135 e. The zero-order chi connectivity index (χ0) is 12.5. The van der Waals surface area contributed by atoms with Crippen molar-refractivity contribution in [1.82, 2.24) is 0 Å². The maximum Gasteiger partial charge on any atom is 0.135 e. The molecule has 0 aliphatic heterocycles. The van der Waals surface area contributed by atoms with Crippen LogP contribution in [0.3, 0.4) is 0 Å². The molecule has 3 heteroatoms. The highest BCUT2D eigenvalue weighted by Crippen LogP contribution is 2.27. The molecule has 1 rings (SSSR count). The fraction of sp³-hybridized carbons (Fsp3) is 0.429. The number of unbranched alkanes of at least 4 members (excludes halogenated alkanes) is 3. The van der Waals surface area contributed by atoms with Gasteiger partial charge in [0.2, 0.25) is 0 Å². The van der Waals surface area contributed by atoms with E-state index in [0.717, 1.165) is 28.9 Å². The lowest BCUT2D eigenvalue weighted by Crippen LogP contribution is -2.01. The van der Waals surface area contributed by atoms with Crippen LogP contribution in [0.15, 0.2) is 35.3 Å². The summed E-state index contributed by atoms with van der Waals surface area (Å²) in [6, 6.07) is 6.06. The van der Waals surface area contributed by atoms with Gasteiger partial charge in [0.15, 0.2) is 0 Å². The van der Waals surface area contributed by atoms with Crippen LogP contribution >= 0.6 is 15.9 Å². The number of methoxy groups -OCH3 is 1. The van der Waals surface area contributed by atoms with Crippen LogP contribution in [0.1, 0.15) is 25.7 Å². The molecule has 1 aromatic carbocycles. The van der Waals surface area contributed by atoms with Gasteiger partial charge in [-0.25, -0.2) is 0 Å². The lowest BCUT2D eigenvalue weighted by atomic mass is 10.2. The number of anilines is 1. The average molecular weight is 298 g/mol. The number of ether oxygens (including phenoxy) is 1. The summed E-state index contributed by atoms with van der Waals surface area (Å²) >= 11 is 3.44. The summed E-state index contributed by atoms with van der Waals surface area (Å²) in [6.45, 7) is 4.72. The minimum Gasteiger partial charge on any atom is -0.495 e. The second-order valence-electron chi connectivity index (χ2n) is 3.91. The van der Waals surface area contributed by atoms with Crippen LogP contribution in [0, 0.1) is 0 Å². The van der Waals surface area contributed by atoms with Crippen LogP contribution < -0.4 is 10.1 Å². The van der Waals surface area contributed by atoms with E-state index in [4.69, 9.17) is 4.74 Å². The molecule has 2 nitrogen and oxygen atoms in total. The largest absolute Gasteiger partial charge is 0.495 e. The molecule has 1 N–H and O–H groups in total. The summed E-state index contributed by atoms with van der Waals surface area (Å²) in [5.41, 5.74) is 1.11. The van der Waals surface area contributed by atoms with Gasteiger partial charge in [0.1, 0.15) is 5.75 Å². The van der Waals surface area contributed by atoms with Gasteiger partial charge in [-0.2, -0.15) is 0 Å². The first kappa shape index (κ1) is 14.1. The van der Waals surface area contributed by atoms with Crippen molar-refractivity contribution in [3.63, 3.8) is 0 Å². The number of hydrogen-bond acceptors (Lipinski definition) is 2. The second-order valence-corrected chi connectivity index (χ2v) is 4.77. The quantitative estimate of drug-likeness (QED) is 0.558. The van der Waals surface area contributed by atoms with E-state index < -0.39 is 0 Å². The van der Waals surface area contributed by atoms with Crippen molar-refractivity contribution in [3.05, 3.63) is 35.3 Å². The van der Waals surface area contributed by atoms with Crippen molar-refractivity contribution < 1.29 is 4.74 Å². The fourth-order valence-corrected chi connectivity index (χ4v) is 2.00. The van der Waals surface area contributed by atoms with Crippen molar-refractivity contribution in [3.8, 4) is 5.75 Å². The Morgan fingerprint density at radius 3 is 2.88 bits per heavy atom. The number of allylic oxidation sites excluding steroid dienone is 1. The Balaban J connectivity index is 2.29. The topological polar surface area (TPSA) is 21.3 Å². The molecule has 0 atom stereocenters. The third kappa shape index (κ3) is 5.26. The SMILES string of the molecule is C=CCCCCCNc1ccc(Br)c(OC)c1. The molecule has 0 unspecified atom stereocenters. The Morgan fingerprint density at radius 2 is 2.18 bits per heavy atom. The third-order valence-electron chi connectivity index (χ3n) is 2.57. The number of nitrogens with one attached hydrogen (secondary N) is 1. The first-order valence-electron chi connectivity index (χ1n) is 5.96. The summed E-state index contributed by atoms with van der Waals surface area (Å²) in [7, 11) is 1.68. The third-order valence-corrected chi connectivity index (χ3v) is 3.22. The van der Waals surface area contributed by atoms with Crippen LogP contribution in [0.2, 0.25) is 0 Å². The van der Waals surface area contributed by atoms with E-state index in [1.54, 1.807) is 7.11 Å². The first-order valence-corrected chi connectivity index (χ1v) is 6.75. The van der Waals surface area contributed by atoms with Gasteiger partial charge in [-0.3, -0.25) is 0 Å². The molecule has 94 valence electrons. The van der Waals surface area contributed by atoms with E-state index in [-0.39, 0.29) is 0 Å². The van der Waals surface area contributed by atoms with Crippen molar-refractivity contribution in [1.29, 1.82) is 0 Å². The van der Waals surface area contributed by atoms with E-state index in [2.05, 4.69) is 33.9 Å². The molecule has 0 spiro atoms. The zero-order valence-corrected chi connectivity index (χ0v) is 11.9. The minimum absolute atomic E-state index is 0.863. The molecule has 1 aromatic rings. The van der Waals surface area contributed by atoms with E-state index >= 15 is 0 Å². The second kappa shape index (κ2) is 8.18. The van der Waals surface area contributed by atoms with Crippen molar-refractivity contribution in [2.24, 2.45) is 0 Å². The standard InChI is InChI=1S/C14H20BrNO/c1-3-4-5-6-7-10-16-12-8-9-13(15)14(11-12)17-2/h3,8-9,11,16H,1,4-7,10H2,2H3. The van der Waals surface area contributed by atoms with Gasteiger partial charge in [0.05, 0.1) is 11.6 Å². The van der Waals surface area contributed by atoms with E-state index in [0.29, 0.717) is 0 Å². The number of halogens is 1. The lowest BCUT2D eigenvalue weighted by molar-refractivity contribution is 0.412. The van der Waals surface area contributed by atoms with Gasteiger partial charge in [-0.05, 0) is 47.3 Å². The highest BCUT2D eigenvalue weighted by Gasteiger charge is 2.00. The highest BCUT2D eigenvalue weighted by atomic mass is 79.9. The molecule has 0 saturated heterocycles. The van der Waals surface area contributed by atoms with Crippen LogP contribution in [0.4, 0.5) is 5.69 Å². The van der Waals surface area contributed by atoms with Crippen LogP contribution in [-0.2, 0) is 0 Å². The molecule has 0 heterocycles. The molecule has 0 aliphatic carbocycles. The molecule has 0 fully saturated rings. The summed E-state index contributed by atoms with van der Waals surface area (Å²) in [6.07, 6.45) is 6.76. The summed E-state index contributed by atoms with van der Waals surface area (Å²) in [4.78, 5) is 0. The number of hydrogen-bond donors (Lipinski definition) is 1. The van der Waals surface area contributed by atoms with Gasteiger partial charge in [0, 0.05) is 18.3 Å². The summed E-state index contributed by atoms with van der Waals surface area (Å²) in [5, 5.41) is 3.40. The first-order chi connectivity index (χ1) is 8.27. The Kier molecular flexibility index (Phi) is 6.78. The summed E-state index contributed by atoms with van der Waals surface area (Å²) in [5.74, 6) is 0.863. The van der Waals surface area contributed by atoms with Crippen LogP contribution in [-0.4, -0.2) is 13.7 Å². The van der Waals surface area contributed by atoms with E-state index in [1.165, 1.54) is 19.3 Å². The molecule has 0 aliphatic rings. The van der Waals surface area contributed by atoms with E-state index in [9.17, 15) is 0 Å². The molecule has 0 radical (unpaired) electrons. The Morgan fingerprint density at radius 1 is 1.35 bits per heavy atom. The van der Waals surface area contributed by atoms with Gasteiger partial charge >= 0.3 is 0 Å². The van der Waals surface area contributed by atoms with Gasteiger partial charge in [-0.15, -0.1) is 6.58 Å². The van der Waals surface area contributed by atoms with Crippen molar-refractivity contribution in [2.75, 3.05) is 19.0 Å². The average Bonchev–Trinajstić information content (AvgIpc) is 2.35. The molecule has 0 amide bonds. The highest BCUT2D eigenvalue weighted by molar-refractivity contribution is 9.10. The zero-order valence-electron chi connectivity index (χ0n) is 10.3. The Hall–Kier alpha value is -0.960. The minimum atomic E-state index is 0.863. The van der Waals surface area contributed by atoms with Gasteiger partial charge in [0.25, 0.3) is 0 Å². The van der Waals surface area contributed by atoms with Crippen molar-refractivity contribution >= 4 is 21.6 Å². The number of rotatable bonds is 8. The lowest BCUT2D eigenvalue weighted by Gasteiger charge is -2.09. The van der Waals surface area contributed by atoms with Gasteiger partial charge < -0.3 is 10.1 Å². The maximum absolute atomic E-state index is 5.25. The molecular weight excluding hydrogens is 278 g/mol. The van der Waals surface area contributed by atoms with Crippen LogP contribution in [0.5, 0.6) is 5.75 Å². The predicted molar refractivity (Wildman–Crippen MR) is 77.8 cm³/mol. The molecular formula is C14H20BrNO. The fourth-order valence-electron chi connectivity index (χ4n) is 1.59. The van der Waals surface area contributed by atoms with E-state index in [1.807, 2.05) is 18.2 Å². The molecule has 17 heavy (non-hydrogen) atoms. The summed E-state index contributed by atoms with van der Waals surface area (Å²) < 4.78 is 6.23. The van der Waals surface area contributed by atoms with Crippen LogP contribution in [0.25, 0.3) is 0 Å². The Bertz CT molecular complexity index is 352. The van der Waals surface area contributed by atoms with Gasteiger partial charge in [-0.1, -0.05) is 12.5 Å². The normalized spacial score (nSPS) is 10.0. The Labute approximate surface area is 112 Å². The maximum atomic E-state index is 5.25. The number of benzene rings is 1. The monoisotopic (exact) mass is 297 g/mol.